The molecule has 22 heavy (non-hydrogen) atoms. The number of hydrogen-bond donors (Lipinski definition) is 0. The van der Waals surface area contributed by atoms with E-state index in [0.29, 0.717) is 9.79 Å². The first-order valence-electron chi connectivity index (χ1n) is 5.85. The molecule has 0 saturated carbocycles. The molecule has 0 unspecified atom stereocenters. The van der Waals surface area contributed by atoms with Crippen LogP contribution >= 0.6 is 11.8 Å². The monoisotopic (exact) mass is 324 g/mol. The molecule has 112 valence electrons. The van der Waals surface area contributed by atoms with Crippen LogP contribution in [0.25, 0.3) is 0 Å². The third-order valence-corrected chi connectivity index (χ3v) is 3.79. The van der Waals surface area contributed by atoms with Crippen molar-refractivity contribution in [2.24, 2.45) is 0 Å². The fraction of sp³-hybridized carbons (Fsp3) is 0.0714. The van der Waals surface area contributed by atoms with E-state index in [1.54, 1.807) is 6.07 Å². The minimum atomic E-state index is -4.51. The average Bonchev–Trinajstić information content (AvgIpc) is 2.47. The van der Waals surface area contributed by atoms with Crippen LogP contribution in [0.1, 0.15) is 11.1 Å². The van der Waals surface area contributed by atoms with Crippen molar-refractivity contribution in [2.45, 2.75) is 16.0 Å². The fourth-order valence-corrected chi connectivity index (χ4v) is 2.52. The number of nitro benzene ring substituents is 1. The SMILES string of the molecule is N#Cc1cc(C(F)(F)F)ccc1Sc1ccc([N+](=O)[O-])cc1. The van der Waals surface area contributed by atoms with Gasteiger partial charge in [-0.15, -0.1) is 0 Å². The van der Waals surface area contributed by atoms with E-state index in [1.165, 1.54) is 30.3 Å². The zero-order valence-corrected chi connectivity index (χ0v) is 11.6. The molecule has 0 radical (unpaired) electrons. The lowest BCUT2D eigenvalue weighted by Crippen LogP contribution is -2.05. The van der Waals surface area contributed by atoms with E-state index < -0.39 is 16.7 Å². The number of nitrogens with zero attached hydrogens (tertiary/aromatic N) is 2. The second-order valence-corrected chi connectivity index (χ2v) is 5.29. The molecule has 0 atom stereocenters. The van der Waals surface area contributed by atoms with E-state index in [1.807, 2.05) is 0 Å². The highest BCUT2D eigenvalue weighted by Gasteiger charge is 2.31. The predicted octanol–water partition coefficient (Wildman–Crippen LogP) is 4.64. The van der Waals surface area contributed by atoms with Crippen molar-refractivity contribution < 1.29 is 18.1 Å². The number of nitro groups is 1. The molecule has 0 spiro atoms. The Labute approximate surface area is 127 Å². The second-order valence-electron chi connectivity index (χ2n) is 4.17. The fourth-order valence-electron chi connectivity index (χ4n) is 1.65. The maximum absolute atomic E-state index is 12.6. The molecule has 0 heterocycles. The summed E-state index contributed by atoms with van der Waals surface area (Å²) in [7, 11) is 0. The zero-order chi connectivity index (χ0) is 16.3. The molecule has 0 aliphatic carbocycles. The van der Waals surface area contributed by atoms with Crippen molar-refractivity contribution in [2.75, 3.05) is 0 Å². The summed E-state index contributed by atoms with van der Waals surface area (Å²) in [5, 5.41) is 19.5. The van der Waals surface area contributed by atoms with Gasteiger partial charge in [-0.3, -0.25) is 10.1 Å². The van der Waals surface area contributed by atoms with E-state index in [4.69, 9.17) is 5.26 Å². The van der Waals surface area contributed by atoms with E-state index >= 15 is 0 Å². The van der Waals surface area contributed by atoms with Crippen LogP contribution < -0.4 is 0 Å². The molecule has 8 heteroatoms. The Hall–Kier alpha value is -2.53. The maximum Gasteiger partial charge on any atom is 0.416 e. The minimum Gasteiger partial charge on any atom is -0.258 e. The number of benzene rings is 2. The van der Waals surface area contributed by atoms with Gasteiger partial charge >= 0.3 is 6.18 Å². The van der Waals surface area contributed by atoms with Crippen LogP contribution in [0.2, 0.25) is 0 Å². The van der Waals surface area contributed by atoms with Crippen molar-refractivity contribution in [1.82, 2.24) is 0 Å². The lowest BCUT2D eigenvalue weighted by molar-refractivity contribution is -0.384. The summed E-state index contributed by atoms with van der Waals surface area (Å²) in [6.07, 6.45) is -4.51. The van der Waals surface area contributed by atoms with Gasteiger partial charge in [-0.2, -0.15) is 18.4 Å². The van der Waals surface area contributed by atoms with Crippen LogP contribution in [0.5, 0.6) is 0 Å². The van der Waals surface area contributed by atoms with Crippen molar-refractivity contribution in [3.05, 3.63) is 63.7 Å². The highest BCUT2D eigenvalue weighted by molar-refractivity contribution is 7.99. The van der Waals surface area contributed by atoms with Crippen LogP contribution in [0.4, 0.5) is 18.9 Å². The largest absolute Gasteiger partial charge is 0.416 e. The third-order valence-electron chi connectivity index (χ3n) is 2.70. The lowest BCUT2D eigenvalue weighted by atomic mass is 10.1. The van der Waals surface area contributed by atoms with Gasteiger partial charge in [-0.05, 0) is 30.3 Å². The van der Waals surface area contributed by atoms with E-state index in [9.17, 15) is 23.3 Å². The Morgan fingerprint density at radius 1 is 1.14 bits per heavy atom. The minimum absolute atomic E-state index is 0.0859. The van der Waals surface area contributed by atoms with Crippen LogP contribution in [0.3, 0.4) is 0 Å². The normalized spacial score (nSPS) is 11.0. The van der Waals surface area contributed by atoms with E-state index in [-0.39, 0.29) is 11.3 Å². The molecule has 0 fully saturated rings. The van der Waals surface area contributed by atoms with Gasteiger partial charge in [0.1, 0.15) is 6.07 Å². The van der Waals surface area contributed by atoms with Crippen LogP contribution in [-0.2, 0) is 6.18 Å². The number of alkyl halides is 3. The Morgan fingerprint density at radius 3 is 2.27 bits per heavy atom. The zero-order valence-electron chi connectivity index (χ0n) is 10.8. The summed E-state index contributed by atoms with van der Waals surface area (Å²) in [6, 6.07) is 10.2. The second kappa shape index (κ2) is 6.07. The molecule has 4 nitrogen and oxygen atoms in total. The van der Waals surface area contributed by atoms with E-state index in [0.717, 1.165) is 23.9 Å². The molecule has 0 aromatic heterocycles. The molecule has 2 rings (SSSR count). The summed E-state index contributed by atoms with van der Waals surface area (Å²) in [6.45, 7) is 0. The van der Waals surface area contributed by atoms with Crippen molar-refractivity contribution >= 4 is 17.4 Å². The number of nitriles is 1. The number of halogens is 3. The number of hydrogen-bond acceptors (Lipinski definition) is 4. The molecule has 0 bridgehead atoms. The molecular formula is C14H7F3N2O2S. The molecular weight excluding hydrogens is 317 g/mol. The summed E-state index contributed by atoms with van der Waals surface area (Å²) < 4.78 is 37.8. The van der Waals surface area contributed by atoms with Crippen molar-refractivity contribution in [1.29, 1.82) is 5.26 Å². The van der Waals surface area contributed by atoms with Gasteiger partial charge in [0.05, 0.1) is 16.1 Å². The number of non-ortho nitro benzene ring substituents is 1. The van der Waals surface area contributed by atoms with Gasteiger partial charge in [0.25, 0.3) is 5.69 Å². The van der Waals surface area contributed by atoms with Gasteiger partial charge < -0.3 is 0 Å². The maximum atomic E-state index is 12.6. The lowest BCUT2D eigenvalue weighted by Gasteiger charge is -2.09. The van der Waals surface area contributed by atoms with Gasteiger partial charge in [-0.1, -0.05) is 11.8 Å². The Bertz CT molecular complexity index is 752. The number of rotatable bonds is 3. The Kier molecular flexibility index (Phi) is 4.37. The summed E-state index contributed by atoms with van der Waals surface area (Å²) in [4.78, 5) is 10.9. The molecule has 0 saturated heterocycles. The first-order chi connectivity index (χ1) is 10.3. The highest BCUT2D eigenvalue weighted by Crippen LogP contribution is 2.35. The van der Waals surface area contributed by atoms with Gasteiger partial charge in [0, 0.05) is 21.9 Å². The summed E-state index contributed by atoms with van der Waals surface area (Å²) in [5.74, 6) is 0. The van der Waals surface area contributed by atoms with Crippen LogP contribution in [0, 0.1) is 21.4 Å². The predicted molar refractivity (Wildman–Crippen MR) is 73.4 cm³/mol. The molecule has 0 aliphatic heterocycles. The highest BCUT2D eigenvalue weighted by atomic mass is 32.2. The smallest absolute Gasteiger partial charge is 0.258 e. The van der Waals surface area contributed by atoms with Crippen molar-refractivity contribution in [3.8, 4) is 6.07 Å². The molecule has 0 aliphatic rings. The average molecular weight is 324 g/mol. The summed E-state index contributed by atoms with van der Waals surface area (Å²) in [5.41, 5.74) is -1.08. The summed E-state index contributed by atoms with van der Waals surface area (Å²) >= 11 is 1.07. The Morgan fingerprint density at radius 2 is 1.77 bits per heavy atom. The molecule has 2 aromatic rings. The van der Waals surface area contributed by atoms with Gasteiger partial charge in [0.2, 0.25) is 0 Å². The van der Waals surface area contributed by atoms with Gasteiger partial charge in [0.15, 0.2) is 0 Å². The topological polar surface area (TPSA) is 66.9 Å². The Balaban J connectivity index is 2.30. The van der Waals surface area contributed by atoms with Crippen LogP contribution in [0.15, 0.2) is 52.3 Å². The van der Waals surface area contributed by atoms with Crippen LogP contribution in [-0.4, -0.2) is 4.92 Å². The molecule has 2 aromatic carbocycles. The first kappa shape index (κ1) is 15.9. The van der Waals surface area contributed by atoms with Crippen molar-refractivity contribution in [3.63, 3.8) is 0 Å². The molecule has 0 amide bonds. The molecule has 0 N–H and O–H groups in total. The first-order valence-corrected chi connectivity index (χ1v) is 6.66. The standard InChI is InChI=1S/C14H7F3N2O2S/c15-14(16,17)10-1-6-13(9(7-10)8-18)22-12-4-2-11(3-5-12)19(20)21/h1-7H. The van der Waals surface area contributed by atoms with E-state index in [2.05, 4.69) is 0 Å². The quantitative estimate of drug-likeness (QED) is 0.609. The van der Waals surface area contributed by atoms with Gasteiger partial charge in [-0.25, -0.2) is 0 Å². The third kappa shape index (κ3) is 3.56.